The normalized spacial score (nSPS) is 17.3. The lowest BCUT2D eigenvalue weighted by Gasteiger charge is -2.07. The maximum absolute atomic E-state index is 9.99. The topological polar surface area (TPSA) is 92.3 Å². The van der Waals surface area contributed by atoms with E-state index in [9.17, 15) is 4.79 Å². The van der Waals surface area contributed by atoms with Crippen molar-refractivity contribution < 1.29 is 9.63 Å². The molecule has 0 saturated heterocycles. The summed E-state index contributed by atoms with van der Waals surface area (Å²) in [6, 6.07) is 0. The maximum Gasteiger partial charge on any atom is 0.425 e. The van der Waals surface area contributed by atoms with E-state index >= 15 is 0 Å². The second-order valence-electron chi connectivity index (χ2n) is 1.27. The molecule has 0 radical (unpaired) electrons. The third-order valence-corrected chi connectivity index (χ3v) is 0.619. The van der Waals surface area contributed by atoms with Gasteiger partial charge in [0.1, 0.15) is 0 Å². The van der Waals surface area contributed by atoms with Crippen LogP contribution < -0.4 is 11.3 Å². The lowest BCUT2D eigenvalue weighted by atomic mass is 11.2. The molecule has 7 nitrogen and oxygen atoms in total. The van der Waals surface area contributed by atoms with Gasteiger partial charge in [0.15, 0.2) is 6.67 Å². The number of hydroxylamine groups is 1. The van der Waals surface area contributed by atoms with E-state index < -0.39 is 6.09 Å². The van der Waals surface area contributed by atoms with Gasteiger partial charge in [-0.25, -0.2) is 4.79 Å². The van der Waals surface area contributed by atoms with E-state index in [-0.39, 0.29) is 6.67 Å². The molecule has 1 amide bonds. The van der Waals surface area contributed by atoms with Crippen LogP contribution in [0.5, 0.6) is 0 Å². The fourth-order valence-electron chi connectivity index (χ4n) is 0.360. The molecular formula is C2H5N5O2. The summed E-state index contributed by atoms with van der Waals surface area (Å²) in [5.41, 5.74) is 6.90. The number of nitrogens with two attached hydrogens (primary N) is 1. The summed E-state index contributed by atoms with van der Waals surface area (Å²) >= 11 is 0. The predicted octanol–water partition coefficient (Wildman–Crippen LogP) is -0.858. The quantitative estimate of drug-likeness (QED) is 0.484. The molecule has 1 rings (SSSR count). The summed E-state index contributed by atoms with van der Waals surface area (Å²) in [4.78, 5) is 14.3. The Morgan fingerprint density at radius 3 is 3.11 bits per heavy atom. The van der Waals surface area contributed by atoms with Crippen molar-refractivity contribution in [1.82, 2.24) is 10.7 Å². The number of hydrogen-bond donors (Lipinski definition) is 2. The fraction of sp³-hybridized carbons (Fsp3) is 0.500. The van der Waals surface area contributed by atoms with Crippen LogP contribution in [0.3, 0.4) is 0 Å². The van der Waals surface area contributed by atoms with Gasteiger partial charge in [0, 0.05) is 0 Å². The molecule has 0 unspecified atom stereocenters. The molecule has 0 saturated carbocycles. The van der Waals surface area contributed by atoms with Crippen molar-refractivity contribution in [3.8, 4) is 0 Å². The molecule has 1 aliphatic heterocycles. The molecule has 50 valence electrons. The highest BCUT2D eigenvalue weighted by Gasteiger charge is 2.10. The molecule has 0 spiro atoms. The first-order valence-electron chi connectivity index (χ1n) is 2.16. The van der Waals surface area contributed by atoms with Gasteiger partial charge in [0.2, 0.25) is 0 Å². The molecule has 7 heteroatoms. The van der Waals surface area contributed by atoms with Crippen LogP contribution in [0.2, 0.25) is 0 Å². The van der Waals surface area contributed by atoms with Crippen LogP contribution >= 0.6 is 0 Å². The van der Waals surface area contributed by atoms with E-state index in [0.29, 0.717) is 0 Å². The highest BCUT2D eigenvalue weighted by atomic mass is 16.8. The zero-order valence-corrected chi connectivity index (χ0v) is 4.44. The van der Waals surface area contributed by atoms with E-state index in [1.54, 1.807) is 0 Å². The zero-order valence-electron chi connectivity index (χ0n) is 4.44. The number of primary amides is 1. The average molecular weight is 131 g/mol. The second kappa shape index (κ2) is 2.27. The number of nitrogens with zero attached hydrogens (tertiary/aromatic N) is 3. The van der Waals surface area contributed by atoms with Crippen molar-refractivity contribution in [3.05, 3.63) is 0 Å². The Bertz CT molecular complexity index is 136. The number of nitrogens with one attached hydrogen (secondary N) is 1. The van der Waals surface area contributed by atoms with Crippen LogP contribution in [0, 0.1) is 0 Å². The summed E-state index contributed by atoms with van der Waals surface area (Å²) < 4.78 is 0. The summed E-state index contributed by atoms with van der Waals surface area (Å²) in [6.45, 7) is 0.170. The van der Waals surface area contributed by atoms with Crippen LogP contribution in [0.25, 0.3) is 0 Å². The van der Waals surface area contributed by atoms with Crippen LogP contribution in [0.15, 0.2) is 10.3 Å². The molecule has 0 fully saturated rings. The lowest BCUT2D eigenvalue weighted by Crippen LogP contribution is -2.34. The van der Waals surface area contributed by atoms with Gasteiger partial charge in [-0.2, -0.15) is 5.53 Å². The van der Waals surface area contributed by atoms with Crippen LogP contribution in [0.1, 0.15) is 0 Å². The Morgan fingerprint density at radius 2 is 2.67 bits per heavy atom. The third-order valence-electron chi connectivity index (χ3n) is 0.619. The zero-order chi connectivity index (χ0) is 6.69. The first kappa shape index (κ1) is 5.76. The smallest absolute Gasteiger partial charge is 0.333 e. The average Bonchev–Trinajstić information content (AvgIpc) is 2.15. The number of hydrogen-bond acceptors (Lipinski definition) is 6. The Hall–Kier alpha value is -1.37. The predicted molar refractivity (Wildman–Crippen MR) is 25.4 cm³/mol. The van der Waals surface area contributed by atoms with Crippen molar-refractivity contribution in [2.24, 2.45) is 16.1 Å². The number of carbonyl (C=O) groups is 1. The Morgan fingerprint density at radius 1 is 1.89 bits per heavy atom. The van der Waals surface area contributed by atoms with Gasteiger partial charge in [-0.15, -0.1) is 5.11 Å². The summed E-state index contributed by atoms with van der Waals surface area (Å²) in [5.74, 6) is 0. The van der Waals surface area contributed by atoms with Crippen LogP contribution in [-0.2, 0) is 4.84 Å². The number of amides is 1. The monoisotopic (exact) mass is 131 g/mol. The summed E-state index contributed by atoms with van der Waals surface area (Å²) in [6.07, 6.45) is -0.894. The molecule has 9 heavy (non-hydrogen) atoms. The van der Waals surface area contributed by atoms with Crippen molar-refractivity contribution in [1.29, 1.82) is 0 Å². The van der Waals surface area contributed by atoms with E-state index in [2.05, 4.69) is 26.4 Å². The molecule has 3 N–H and O–H groups in total. The van der Waals surface area contributed by atoms with Crippen LogP contribution in [0.4, 0.5) is 4.79 Å². The van der Waals surface area contributed by atoms with Gasteiger partial charge in [-0.05, 0) is 5.17 Å². The number of carbonyl (C=O) groups excluding carboxylic acids is 1. The molecule has 1 aliphatic rings. The van der Waals surface area contributed by atoms with E-state index in [1.165, 1.54) is 0 Å². The van der Waals surface area contributed by atoms with E-state index in [1.807, 2.05) is 0 Å². The molecule has 0 aromatic rings. The van der Waals surface area contributed by atoms with E-state index in [0.717, 1.165) is 5.17 Å². The Kier molecular flexibility index (Phi) is 1.45. The van der Waals surface area contributed by atoms with Gasteiger partial charge in [0.25, 0.3) is 0 Å². The first-order valence-corrected chi connectivity index (χ1v) is 2.16. The van der Waals surface area contributed by atoms with Gasteiger partial charge in [0.05, 0.1) is 0 Å². The Labute approximate surface area is 50.4 Å². The minimum atomic E-state index is -0.894. The molecule has 0 aromatic carbocycles. The molecule has 0 atom stereocenters. The van der Waals surface area contributed by atoms with Crippen molar-refractivity contribution in [3.63, 3.8) is 0 Å². The lowest BCUT2D eigenvalue weighted by molar-refractivity contribution is -0.120. The van der Waals surface area contributed by atoms with Crippen molar-refractivity contribution in [2.45, 2.75) is 0 Å². The number of rotatable bonds is 1. The second-order valence-corrected chi connectivity index (χ2v) is 1.27. The summed E-state index contributed by atoms with van der Waals surface area (Å²) in [7, 11) is 0. The molecule has 1 heterocycles. The third kappa shape index (κ3) is 1.53. The first-order chi connectivity index (χ1) is 4.29. The van der Waals surface area contributed by atoms with Crippen LogP contribution in [-0.4, -0.2) is 17.9 Å². The molecule has 0 aliphatic carbocycles. The van der Waals surface area contributed by atoms with Gasteiger partial charge in [-0.3, -0.25) is 0 Å². The molecule has 0 bridgehead atoms. The fourth-order valence-corrected chi connectivity index (χ4v) is 0.360. The van der Waals surface area contributed by atoms with Gasteiger partial charge >= 0.3 is 6.09 Å². The van der Waals surface area contributed by atoms with Gasteiger partial charge in [-0.1, -0.05) is 5.22 Å². The van der Waals surface area contributed by atoms with Crippen molar-refractivity contribution in [2.75, 3.05) is 6.67 Å². The number of hydrazine groups is 1. The largest absolute Gasteiger partial charge is 0.425 e. The standard InChI is InChI=1S/C2H5N5O2/c3-2(8)9-7-1-4-5-6-7/h1H2,(H2,3,8)(H,4,6). The van der Waals surface area contributed by atoms with E-state index in [4.69, 9.17) is 0 Å². The minimum Gasteiger partial charge on any atom is -0.333 e. The highest BCUT2D eigenvalue weighted by molar-refractivity contribution is 5.64. The SMILES string of the molecule is NC(=O)ON1CN=NN1. The van der Waals surface area contributed by atoms with Gasteiger partial charge < -0.3 is 10.6 Å². The molecular weight excluding hydrogens is 126 g/mol. The summed E-state index contributed by atoms with van der Waals surface area (Å²) in [5, 5.41) is 7.71. The minimum absolute atomic E-state index is 0.170. The maximum atomic E-state index is 9.99. The Balaban J connectivity index is 2.22. The highest BCUT2D eigenvalue weighted by Crippen LogP contribution is 1.92. The molecule has 0 aromatic heterocycles. The van der Waals surface area contributed by atoms with Crippen molar-refractivity contribution >= 4 is 6.09 Å².